The highest BCUT2D eigenvalue weighted by Gasteiger charge is 2.08. The van der Waals surface area contributed by atoms with Gasteiger partial charge in [0.1, 0.15) is 5.82 Å². The number of carboxylic acid groups (broad SMARTS) is 1. The Balaban J connectivity index is 2.11. The molecular weight excluding hydrogens is 344 g/mol. The second-order valence-corrected chi connectivity index (χ2v) is 6.03. The Labute approximate surface area is 127 Å². The smallest absolute Gasteiger partial charge is 0.328 e. The van der Waals surface area contributed by atoms with Crippen molar-refractivity contribution in [2.24, 2.45) is 0 Å². The normalized spacial score (nSPS) is 10.7. The second kappa shape index (κ2) is 6.44. The van der Waals surface area contributed by atoms with Crippen LogP contribution in [0.4, 0.5) is 5.82 Å². The topological polar surface area (TPSA) is 79.3 Å². The van der Waals surface area contributed by atoms with Crippen molar-refractivity contribution in [3.63, 3.8) is 0 Å². The molecule has 1 amide bonds. The molecule has 2 aromatic heterocycles. The van der Waals surface area contributed by atoms with Gasteiger partial charge in [-0.2, -0.15) is 0 Å². The van der Waals surface area contributed by atoms with Gasteiger partial charge < -0.3 is 10.4 Å². The SMILES string of the molecule is O=C(O)/C=C/c1ccnc(NC(=O)c2csc(Br)c2)c1. The fourth-order valence-electron chi connectivity index (χ4n) is 1.40. The van der Waals surface area contributed by atoms with Crippen LogP contribution in [0.25, 0.3) is 6.08 Å². The third-order valence-electron chi connectivity index (χ3n) is 2.27. The van der Waals surface area contributed by atoms with Crippen molar-refractivity contribution in [1.29, 1.82) is 0 Å². The van der Waals surface area contributed by atoms with E-state index >= 15 is 0 Å². The van der Waals surface area contributed by atoms with Gasteiger partial charge in [-0.05, 0) is 45.8 Å². The number of aliphatic carboxylic acids is 1. The fourth-order valence-corrected chi connectivity index (χ4v) is 2.54. The summed E-state index contributed by atoms with van der Waals surface area (Å²) in [7, 11) is 0. The van der Waals surface area contributed by atoms with Crippen LogP contribution in [0.1, 0.15) is 15.9 Å². The summed E-state index contributed by atoms with van der Waals surface area (Å²) in [6, 6.07) is 4.96. The zero-order valence-corrected chi connectivity index (χ0v) is 12.4. The van der Waals surface area contributed by atoms with E-state index in [1.165, 1.54) is 23.6 Å². The third kappa shape index (κ3) is 4.01. The highest BCUT2D eigenvalue weighted by Crippen LogP contribution is 2.21. The van der Waals surface area contributed by atoms with Gasteiger partial charge in [0.25, 0.3) is 5.91 Å². The largest absolute Gasteiger partial charge is 0.478 e. The van der Waals surface area contributed by atoms with Crippen LogP contribution in [0.2, 0.25) is 0 Å². The van der Waals surface area contributed by atoms with Crippen LogP contribution in [-0.4, -0.2) is 22.0 Å². The molecule has 7 heteroatoms. The molecule has 0 atom stereocenters. The zero-order chi connectivity index (χ0) is 14.5. The van der Waals surface area contributed by atoms with Crippen LogP contribution in [0.5, 0.6) is 0 Å². The molecular formula is C13H9BrN2O3S. The van der Waals surface area contributed by atoms with Crippen LogP contribution in [0, 0.1) is 0 Å². The maximum absolute atomic E-state index is 11.9. The van der Waals surface area contributed by atoms with Crippen LogP contribution < -0.4 is 5.32 Å². The Morgan fingerprint density at radius 3 is 2.85 bits per heavy atom. The minimum Gasteiger partial charge on any atom is -0.478 e. The van der Waals surface area contributed by atoms with Crippen LogP contribution in [0.3, 0.4) is 0 Å². The van der Waals surface area contributed by atoms with Crippen molar-refractivity contribution in [1.82, 2.24) is 4.98 Å². The summed E-state index contributed by atoms with van der Waals surface area (Å²) in [5.74, 6) is -0.931. The van der Waals surface area contributed by atoms with E-state index in [1.807, 2.05) is 0 Å². The lowest BCUT2D eigenvalue weighted by Crippen LogP contribution is -2.11. The van der Waals surface area contributed by atoms with E-state index in [0.29, 0.717) is 16.9 Å². The number of rotatable bonds is 4. The van der Waals surface area contributed by atoms with Gasteiger partial charge in [0.05, 0.1) is 9.35 Å². The first kappa shape index (κ1) is 14.4. The summed E-state index contributed by atoms with van der Waals surface area (Å²) in [5.41, 5.74) is 1.18. The number of thiophene rings is 1. The van der Waals surface area contributed by atoms with E-state index in [4.69, 9.17) is 5.11 Å². The predicted molar refractivity (Wildman–Crippen MR) is 80.9 cm³/mol. The fraction of sp³-hybridized carbons (Fsp3) is 0. The van der Waals surface area contributed by atoms with Crippen molar-refractivity contribution in [2.75, 3.05) is 5.32 Å². The molecule has 2 N–H and O–H groups in total. The van der Waals surface area contributed by atoms with Crippen molar-refractivity contribution >= 4 is 51.0 Å². The Morgan fingerprint density at radius 1 is 1.40 bits per heavy atom. The Bertz CT molecular complexity index is 682. The van der Waals surface area contributed by atoms with Crippen molar-refractivity contribution in [3.8, 4) is 0 Å². The number of amides is 1. The number of carbonyl (C=O) groups excluding carboxylic acids is 1. The van der Waals surface area contributed by atoms with E-state index < -0.39 is 5.97 Å². The minimum atomic E-state index is -1.03. The zero-order valence-electron chi connectivity index (χ0n) is 10.0. The average Bonchev–Trinajstić information content (AvgIpc) is 2.84. The van der Waals surface area contributed by atoms with Crippen molar-refractivity contribution in [2.45, 2.75) is 0 Å². The molecule has 2 heterocycles. The van der Waals surface area contributed by atoms with E-state index in [0.717, 1.165) is 9.86 Å². The summed E-state index contributed by atoms with van der Waals surface area (Å²) >= 11 is 4.71. The number of nitrogens with one attached hydrogen (secondary N) is 1. The first-order valence-corrected chi connectivity index (χ1v) is 7.14. The molecule has 0 aliphatic heterocycles. The number of halogens is 1. The van der Waals surface area contributed by atoms with Crippen LogP contribution >= 0.6 is 27.3 Å². The monoisotopic (exact) mass is 352 g/mol. The molecule has 0 aromatic carbocycles. The molecule has 2 aromatic rings. The minimum absolute atomic E-state index is 0.265. The average molecular weight is 353 g/mol. The molecule has 0 unspecified atom stereocenters. The molecule has 0 spiro atoms. The van der Waals surface area contributed by atoms with Gasteiger partial charge >= 0.3 is 5.97 Å². The predicted octanol–water partition coefficient (Wildman–Crippen LogP) is 3.26. The Kier molecular flexibility index (Phi) is 4.65. The first-order chi connectivity index (χ1) is 9.54. The van der Waals surface area contributed by atoms with E-state index in [2.05, 4.69) is 26.2 Å². The third-order valence-corrected chi connectivity index (χ3v) is 3.78. The second-order valence-electron chi connectivity index (χ2n) is 3.74. The maximum atomic E-state index is 11.9. The van der Waals surface area contributed by atoms with Gasteiger partial charge in [-0.25, -0.2) is 9.78 Å². The van der Waals surface area contributed by atoms with Crippen LogP contribution in [0.15, 0.2) is 39.6 Å². The molecule has 0 saturated carbocycles. The van der Waals surface area contributed by atoms with E-state index in [9.17, 15) is 9.59 Å². The maximum Gasteiger partial charge on any atom is 0.328 e. The Morgan fingerprint density at radius 2 is 2.20 bits per heavy atom. The summed E-state index contributed by atoms with van der Waals surface area (Å²) in [5, 5.41) is 12.9. The number of hydrogen-bond donors (Lipinski definition) is 2. The molecule has 0 radical (unpaired) electrons. The van der Waals surface area contributed by atoms with Gasteiger partial charge in [0.15, 0.2) is 0 Å². The number of carboxylic acids is 1. The molecule has 20 heavy (non-hydrogen) atoms. The first-order valence-electron chi connectivity index (χ1n) is 5.47. The molecule has 0 saturated heterocycles. The number of anilines is 1. The highest BCUT2D eigenvalue weighted by atomic mass is 79.9. The lowest BCUT2D eigenvalue weighted by Gasteiger charge is -2.03. The van der Waals surface area contributed by atoms with Gasteiger partial charge in [0.2, 0.25) is 0 Å². The summed E-state index contributed by atoms with van der Waals surface area (Å²) in [6.45, 7) is 0. The lowest BCUT2D eigenvalue weighted by atomic mass is 10.2. The lowest BCUT2D eigenvalue weighted by molar-refractivity contribution is -0.131. The quantitative estimate of drug-likeness (QED) is 0.827. The highest BCUT2D eigenvalue weighted by molar-refractivity contribution is 9.11. The summed E-state index contributed by atoms with van der Waals surface area (Å²) in [6.07, 6.45) is 3.96. The number of pyridine rings is 1. The Hall–Kier alpha value is -1.99. The summed E-state index contributed by atoms with van der Waals surface area (Å²) in [4.78, 5) is 26.4. The number of carbonyl (C=O) groups is 2. The van der Waals surface area contributed by atoms with E-state index in [1.54, 1.807) is 23.6 Å². The van der Waals surface area contributed by atoms with E-state index in [-0.39, 0.29) is 5.91 Å². The number of aromatic nitrogens is 1. The molecule has 5 nitrogen and oxygen atoms in total. The standard InChI is InChI=1S/C13H9BrN2O3S/c14-10-6-9(7-20-10)13(19)16-11-5-8(3-4-15-11)1-2-12(17)18/h1-7H,(H,17,18)(H,15,16,19)/b2-1+. The van der Waals surface area contributed by atoms with Crippen LogP contribution in [-0.2, 0) is 4.79 Å². The van der Waals surface area contributed by atoms with Crippen molar-refractivity contribution < 1.29 is 14.7 Å². The molecule has 0 aliphatic rings. The molecule has 2 rings (SSSR count). The van der Waals surface area contributed by atoms with Gasteiger partial charge in [0, 0.05) is 17.7 Å². The molecule has 0 fully saturated rings. The van der Waals surface area contributed by atoms with Gasteiger partial charge in [-0.3, -0.25) is 4.79 Å². The van der Waals surface area contributed by atoms with Gasteiger partial charge in [-0.1, -0.05) is 0 Å². The van der Waals surface area contributed by atoms with Crippen molar-refractivity contribution in [3.05, 3.63) is 50.8 Å². The molecule has 0 bridgehead atoms. The number of nitrogens with zero attached hydrogens (tertiary/aromatic N) is 1. The number of hydrogen-bond acceptors (Lipinski definition) is 4. The van der Waals surface area contributed by atoms with Gasteiger partial charge in [-0.15, -0.1) is 11.3 Å². The summed E-state index contributed by atoms with van der Waals surface area (Å²) < 4.78 is 0.869. The molecule has 0 aliphatic carbocycles. The molecule has 102 valence electrons.